The van der Waals surface area contributed by atoms with E-state index in [1.54, 1.807) is 6.08 Å². The molecule has 13 nitrogen and oxygen atoms in total. The highest BCUT2D eigenvalue weighted by Crippen LogP contribution is 2.47. The Morgan fingerprint density at radius 2 is 1.00 bits per heavy atom. The number of rotatable bonds is 38. The van der Waals surface area contributed by atoms with Gasteiger partial charge < -0.3 is 46.0 Å². The number of phosphoric ester groups is 1. The van der Waals surface area contributed by atoms with Gasteiger partial charge in [0.1, 0.15) is 36.6 Å². The number of phosphoric acid groups is 1. The largest absolute Gasteiger partial charge is 0.472 e. The Labute approximate surface area is 362 Å². The van der Waals surface area contributed by atoms with Crippen molar-refractivity contribution in [2.45, 2.75) is 242 Å². The second-order valence-electron chi connectivity index (χ2n) is 16.7. The van der Waals surface area contributed by atoms with Crippen LogP contribution in [0.4, 0.5) is 0 Å². The molecule has 0 aromatic rings. The van der Waals surface area contributed by atoms with Crippen molar-refractivity contribution in [1.29, 1.82) is 0 Å². The first-order valence-corrected chi connectivity index (χ1v) is 25.0. The predicted octanol–water partition coefficient (Wildman–Crippen LogP) is 7.75. The van der Waals surface area contributed by atoms with Crippen molar-refractivity contribution in [3.05, 3.63) is 36.5 Å². The van der Waals surface area contributed by atoms with E-state index in [0.717, 1.165) is 44.9 Å². The summed E-state index contributed by atoms with van der Waals surface area (Å²) in [5.74, 6) is -0.608. The van der Waals surface area contributed by atoms with E-state index in [0.29, 0.717) is 19.3 Å². The number of nitrogens with one attached hydrogen (secondary N) is 1. The SMILES string of the molecule is CC/C=C/CC/C=C/CC/C=C/C(O)C(COP(=O)(O)OC1C(O)C(O)C(O)C(O)C1O)NC(=O)CC(O)CCCCCCCCCCCCCCCCCCCCCC. The fourth-order valence-corrected chi connectivity index (χ4v) is 8.36. The topological polar surface area (TPSA) is 226 Å². The lowest BCUT2D eigenvalue weighted by molar-refractivity contribution is -0.220. The predicted molar refractivity (Wildman–Crippen MR) is 238 cm³/mol. The molecule has 0 radical (unpaired) electrons. The molecule has 8 unspecified atom stereocenters. The Morgan fingerprint density at radius 1 is 0.600 bits per heavy atom. The zero-order valence-electron chi connectivity index (χ0n) is 37.1. The molecule has 0 saturated heterocycles. The van der Waals surface area contributed by atoms with Gasteiger partial charge in [-0.3, -0.25) is 13.8 Å². The summed E-state index contributed by atoms with van der Waals surface area (Å²) < 4.78 is 22.8. The zero-order chi connectivity index (χ0) is 44.4. The number of unbranched alkanes of at least 4 members (excludes halogenated alkanes) is 21. The Hall–Kier alpha value is -1.48. The molecule has 1 fully saturated rings. The highest BCUT2D eigenvalue weighted by atomic mass is 31.2. The lowest BCUT2D eigenvalue weighted by Gasteiger charge is -2.41. The van der Waals surface area contributed by atoms with Gasteiger partial charge in [0.05, 0.1) is 31.3 Å². The van der Waals surface area contributed by atoms with Gasteiger partial charge in [-0.25, -0.2) is 4.57 Å². The molecule has 0 heterocycles. The average molecular weight is 876 g/mol. The quantitative estimate of drug-likeness (QED) is 0.0165. The van der Waals surface area contributed by atoms with Crippen LogP contribution in [0.25, 0.3) is 0 Å². The molecule has 0 aliphatic heterocycles. The van der Waals surface area contributed by atoms with Crippen LogP contribution in [0.3, 0.4) is 0 Å². The molecule has 1 aliphatic rings. The number of carbonyl (C=O) groups excluding carboxylic acids is 1. The van der Waals surface area contributed by atoms with Crippen LogP contribution in [0.1, 0.15) is 187 Å². The van der Waals surface area contributed by atoms with E-state index in [1.165, 1.54) is 109 Å². The van der Waals surface area contributed by atoms with Crippen LogP contribution < -0.4 is 5.32 Å². The Bertz CT molecular complexity index is 1170. The number of hydrogen-bond acceptors (Lipinski definition) is 11. The van der Waals surface area contributed by atoms with Crippen LogP contribution in [-0.2, 0) is 18.4 Å². The molecule has 0 aromatic heterocycles. The van der Waals surface area contributed by atoms with E-state index in [2.05, 4.69) is 37.4 Å². The van der Waals surface area contributed by atoms with E-state index in [1.807, 2.05) is 6.08 Å². The number of hydrogen-bond donors (Lipinski definition) is 9. The van der Waals surface area contributed by atoms with Crippen LogP contribution in [-0.4, -0.2) is 108 Å². The first-order chi connectivity index (χ1) is 28.8. The van der Waals surface area contributed by atoms with Gasteiger partial charge in [-0.2, -0.15) is 0 Å². The minimum absolute atomic E-state index is 0.254. The molecule has 60 heavy (non-hydrogen) atoms. The van der Waals surface area contributed by atoms with Crippen LogP contribution in [0.5, 0.6) is 0 Å². The van der Waals surface area contributed by atoms with Crippen molar-refractivity contribution >= 4 is 13.7 Å². The summed E-state index contributed by atoms with van der Waals surface area (Å²) in [4.78, 5) is 23.4. The summed E-state index contributed by atoms with van der Waals surface area (Å²) in [7, 11) is -5.15. The molecule has 0 aromatic carbocycles. The minimum Gasteiger partial charge on any atom is -0.393 e. The van der Waals surface area contributed by atoms with E-state index in [-0.39, 0.29) is 6.42 Å². The van der Waals surface area contributed by atoms with E-state index in [9.17, 15) is 50.0 Å². The third kappa shape index (κ3) is 27.6. The van der Waals surface area contributed by atoms with Crippen LogP contribution in [0.15, 0.2) is 36.5 Å². The molecule has 0 spiro atoms. The minimum atomic E-state index is -5.15. The third-order valence-corrected chi connectivity index (χ3v) is 12.2. The molecule has 1 rings (SSSR count). The van der Waals surface area contributed by atoms with Gasteiger partial charge in [0, 0.05) is 0 Å². The van der Waals surface area contributed by atoms with Gasteiger partial charge in [-0.15, -0.1) is 0 Å². The van der Waals surface area contributed by atoms with E-state index < -0.39 is 75.2 Å². The smallest absolute Gasteiger partial charge is 0.393 e. The fourth-order valence-electron chi connectivity index (χ4n) is 7.40. The molecule has 14 heteroatoms. The summed E-state index contributed by atoms with van der Waals surface area (Å²) in [5, 5.41) is 74.3. The summed E-state index contributed by atoms with van der Waals surface area (Å²) in [6, 6.07) is -1.26. The van der Waals surface area contributed by atoms with Crippen LogP contribution >= 0.6 is 7.82 Å². The molecule has 0 bridgehead atoms. The molecule has 1 saturated carbocycles. The molecule has 1 amide bonds. The number of aliphatic hydroxyl groups is 7. The van der Waals surface area contributed by atoms with Crippen molar-refractivity contribution in [2.24, 2.45) is 0 Å². The maximum atomic E-state index is 13.0. The fraction of sp³-hybridized carbons (Fsp3) is 0.848. The van der Waals surface area contributed by atoms with Gasteiger partial charge in [0.2, 0.25) is 5.91 Å². The standard InChI is InChI=1S/C46H86NO12P/c1-3-5-7-9-11-13-15-16-17-18-19-20-21-22-23-24-25-27-29-31-33-37(48)35-40(50)47-38(39(49)34-32-30-28-26-14-12-10-8-6-4-2)36-58-60(56,57)59-46-44(54)42(52)41(51)43(53)45(46)55/h6,8,14,26,32,34,37-39,41-46,48-49,51-55H,3-5,7,9-13,15-25,27-31,33,35-36H2,1-2H3,(H,47,50)(H,56,57)/b8-6+,26-14+,34-32+. The number of aliphatic hydroxyl groups excluding tert-OH is 7. The summed E-state index contributed by atoms with van der Waals surface area (Å²) in [6.45, 7) is 3.59. The molecular formula is C46H86NO12P. The van der Waals surface area contributed by atoms with E-state index >= 15 is 0 Å². The van der Waals surface area contributed by atoms with Crippen molar-refractivity contribution in [2.75, 3.05) is 6.61 Å². The second-order valence-corrected chi connectivity index (χ2v) is 18.2. The number of allylic oxidation sites excluding steroid dienone is 5. The van der Waals surface area contributed by atoms with Gasteiger partial charge in [-0.05, 0) is 38.5 Å². The zero-order valence-corrected chi connectivity index (χ0v) is 38.0. The van der Waals surface area contributed by atoms with Crippen molar-refractivity contribution in [3.63, 3.8) is 0 Å². The first-order valence-electron chi connectivity index (χ1n) is 23.5. The Morgan fingerprint density at radius 3 is 1.45 bits per heavy atom. The maximum absolute atomic E-state index is 13.0. The Kier molecular flexibility index (Phi) is 33.8. The molecule has 8 atom stereocenters. The molecular weight excluding hydrogens is 789 g/mol. The monoisotopic (exact) mass is 876 g/mol. The highest BCUT2D eigenvalue weighted by Gasteiger charge is 2.51. The summed E-state index contributed by atoms with van der Waals surface area (Å²) >= 11 is 0. The molecule has 9 N–H and O–H groups in total. The molecule has 1 aliphatic carbocycles. The lowest BCUT2D eigenvalue weighted by atomic mass is 9.85. The van der Waals surface area contributed by atoms with Crippen LogP contribution in [0.2, 0.25) is 0 Å². The maximum Gasteiger partial charge on any atom is 0.472 e. The van der Waals surface area contributed by atoms with Crippen molar-refractivity contribution in [3.8, 4) is 0 Å². The van der Waals surface area contributed by atoms with Crippen molar-refractivity contribution < 1.29 is 59.0 Å². The van der Waals surface area contributed by atoms with Gasteiger partial charge in [0.15, 0.2) is 0 Å². The second kappa shape index (κ2) is 35.9. The Balaban J connectivity index is 2.45. The third-order valence-electron chi connectivity index (χ3n) is 11.2. The number of amides is 1. The summed E-state index contributed by atoms with van der Waals surface area (Å²) in [5.41, 5.74) is 0. The lowest BCUT2D eigenvalue weighted by Crippen LogP contribution is -2.64. The highest BCUT2D eigenvalue weighted by molar-refractivity contribution is 7.47. The normalized spacial score (nSPS) is 23.7. The average Bonchev–Trinajstić information content (AvgIpc) is 3.22. The van der Waals surface area contributed by atoms with Gasteiger partial charge in [-0.1, -0.05) is 179 Å². The van der Waals surface area contributed by atoms with Gasteiger partial charge >= 0.3 is 7.82 Å². The number of carbonyl (C=O) groups is 1. The van der Waals surface area contributed by atoms with Gasteiger partial charge in [0.25, 0.3) is 0 Å². The molecule has 352 valence electrons. The first kappa shape index (κ1) is 56.5. The van der Waals surface area contributed by atoms with Crippen LogP contribution in [0, 0.1) is 0 Å². The summed E-state index contributed by atoms with van der Waals surface area (Å²) in [6.07, 6.45) is 27.0. The van der Waals surface area contributed by atoms with E-state index in [4.69, 9.17) is 9.05 Å². The van der Waals surface area contributed by atoms with Crippen molar-refractivity contribution in [1.82, 2.24) is 5.32 Å².